The molecule has 0 radical (unpaired) electrons. The number of rotatable bonds is 7. The zero-order valence-corrected chi connectivity index (χ0v) is 17.9. The highest BCUT2D eigenvalue weighted by molar-refractivity contribution is 6.30. The number of fused-ring (bicyclic) bond motifs is 2. The summed E-state index contributed by atoms with van der Waals surface area (Å²) >= 11 is 6.06. The lowest BCUT2D eigenvalue weighted by Gasteiger charge is -2.26. The molecule has 3 aliphatic rings. The molecule has 2 atom stereocenters. The summed E-state index contributed by atoms with van der Waals surface area (Å²) < 4.78 is 5.40. The highest BCUT2D eigenvalue weighted by Crippen LogP contribution is 2.66. The lowest BCUT2D eigenvalue weighted by atomic mass is 9.92. The van der Waals surface area contributed by atoms with Gasteiger partial charge in [0.15, 0.2) is 0 Å². The SMILES string of the molecule is O=C1N(CCNCCN2CCOCC2)c2ccccc2[C@]12C[C@H]2c1ccc(Cl)cc1. The van der Waals surface area contributed by atoms with E-state index in [0.717, 1.165) is 63.1 Å². The number of nitrogens with zero attached hydrogens (tertiary/aromatic N) is 2. The molecule has 2 aromatic carbocycles. The minimum absolute atomic E-state index is 0.239. The van der Waals surface area contributed by atoms with Gasteiger partial charge in [-0.3, -0.25) is 9.69 Å². The first-order chi connectivity index (χ1) is 14.7. The third kappa shape index (κ3) is 3.54. The third-order valence-electron chi connectivity index (χ3n) is 6.76. The molecule has 6 heteroatoms. The molecule has 1 saturated heterocycles. The maximum atomic E-state index is 13.6. The monoisotopic (exact) mass is 425 g/mol. The number of hydrogen-bond acceptors (Lipinski definition) is 4. The van der Waals surface area contributed by atoms with Crippen LogP contribution >= 0.6 is 11.6 Å². The van der Waals surface area contributed by atoms with Crippen molar-refractivity contribution in [2.45, 2.75) is 17.8 Å². The van der Waals surface area contributed by atoms with Crippen molar-refractivity contribution in [1.82, 2.24) is 10.2 Å². The van der Waals surface area contributed by atoms with Crippen LogP contribution in [0.4, 0.5) is 5.69 Å². The normalized spacial score (nSPS) is 25.7. The molecule has 1 N–H and O–H groups in total. The lowest BCUT2D eigenvalue weighted by Crippen LogP contribution is -2.42. The van der Waals surface area contributed by atoms with Crippen LogP contribution < -0.4 is 10.2 Å². The summed E-state index contributed by atoms with van der Waals surface area (Å²) in [4.78, 5) is 18.0. The fourth-order valence-electron chi connectivity index (χ4n) is 5.05. The summed E-state index contributed by atoms with van der Waals surface area (Å²) in [6, 6.07) is 16.3. The van der Waals surface area contributed by atoms with Gasteiger partial charge in [0.25, 0.3) is 0 Å². The number of morpholine rings is 1. The van der Waals surface area contributed by atoms with Gasteiger partial charge in [-0.05, 0) is 35.7 Å². The van der Waals surface area contributed by atoms with Crippen molar-refractivity contribution in [1.29, 1.82) is 0 Å². The molecule has 2 aromatic rings. The first-order valence-corrected chi connectivity index (χ1v) is 11.3. The van der Waals surface area contributed by atoms with Crippen molar-refractivity contribution in [3.8, 4) is 0 Å². The van der Waals surface area contributed by atoms with Crippen molar-refractivity contribution < 1.29 is 9.53 Å². The zero-order chi connectivity index (χ0) is 20.6. The summed E-state index contributed by atoms with van der Waals surface area (Å²) in [6.07, 6.45) is 0.880. The van der Waals surface area contributed by atoms with Crippen molar-refractivity contribution in [2.24, 2.45) is 0 Å². The Labute approximate surface area is 182 Å². The molecule has 0 bridgehead atoms. The fourth-order valence-corrected chi connectivity index (χ4v) is 5.17. The molecule has 0 aromatic heterocycles. The van der Waals surface area contributed by atoms with E-state index in [0.29, 0.717) is 6.54 Å². The van der Waals surface area contributed by atoms with Gasteiger partial charge in [0.05, 0.1) is 18.6 Å². The second kappa shape index (κ2) is 8.31. The van der Waals surface area contributed by atoms with E-state index in [-0.39, 0.29) is 11.8 Å². The first-order valence-electron chi connectivity index (χ1n) is 10.9. The van der Waals surface area contributed by atoms with Gasteiger partial charge in [-0.1, -0.05) is 41.9 Å². The Balaban J connectivity index is 1.23. The number of benzene rings is 2. The van der Waals surface area contributed by atoms with Gasteiger partial charge < -0.3 is 15.0 Å². The molecule has 30 heavy (non-hydrogen) atoms. The van der Waals surface area contributed by atoms with Crippen LogP contribution in [0.25, 0.3) is 0 Å². The van der Waals surface area contributed by atoms with Crippen LogP contribution in [0.2, 0.25) is 5.02 Å². The van der Waals surface area contributed by atoms with Crippen molar-refractivity contribution in [2.75, 3.05) is 57.4 Å². The molecule has 1 amide bonds. The smallest absolute Gasteiger partial charge is 0.238 e. The number of anilines is 1. The Hall–Kier alpha value is -1.92. The van der Waals surface area contributed by atoms with Gasteiger partial charge in [0.1, 0.15) is 0 Å². The van der Waals surface area contributed by atoms with Gasteiger partial charge in [0, 0.05) is 55.9 Å². The lowest BCUT2D eigenvalue weighted by molar-refractivity contribution is -0.120. The average molecular weight is 426 g/mol. The van der Waals surface area contributed by atoms with Gasteiger partial charge in [-0.2, -0.15) is 0 Å². The predicted octanol–water partition coefficient (Wildman–Crippen LogP) is 3.03. The summed E-state index contributed by atoms with van der Waals surface area (Å²) in [5.74, 6) is 0.487. The van der Waals surface area contributed by atoms with Gasteiger partial charge in [-0.15, -0.1) is 0 Å². The number of hydrogen-bond donors (Lipinski definition) is 1. The number of para-hydroxylation sites is 1. The van der Waals surface area contributed by atoms with Crippen LogP contribution in [0.1, 0.15) is 23.5 Å². The molecule has 1 spiro atoms. The van der Waals surface area contributed by atoms with E-state index >= 15 is 0 Å². The van der Waals surface area contributed by atoms with Crippen LogP contribution in [-0.2, 0) is 14.9 Å². The van der Waals surface area contributed by atoms with Crippen molar-refractivity contribution in [3.63, 3.8) is 0 Å². The van der Waals surface area contributed by atoms with E-state index in [4.69, 9.17) is 16.3 Å². The van der Waals surface area contributed by atoms with E-state index in [1.54, 1.807) is 0 Å². The number of amides is 1. The largest absolute Gasteiger partial charge is 0.379 e. The molecule has 5 rings (SSSR count). The molecular weight excluding hydrogens is 398 g/mol. The van der Waals surface area contributed by atoms with Gasteiger partial charge in [0.2, 0.25) is 5.91 Å². The van der Waals surface area contributed by atoms with Crippen LogP contribution in [0.3, 0.4) is 0 Å². The Kier molecular flexibility index (Phi) is 5.54. The van der Waals surface area contributed by atoms with Crippen molar-refractivity contribution >= 4 is 23.2 Å². The van der Waals surface area contributed by atoms with Gasteiger partial charge >= 0.3 is 0 Å². The highest BCUT2D eigenvalue weighted by Gasteiger charge is 2.66. The number of carbonyl (C=O) groups excluding carboxylic acids is 1. The van der Waals surface area contributed by atoms with E-state index in [1.807, 2.05) is 23.1 Å². The number of ether oxygens (including phenoxy) is 1. The zero-order valence-electron chi connectivity index (χ0n) is 17.1. The maximum absolute atomic E-state index is 13.6. The quantitative estimate of drug-likeness (QED) is 0.692. The number of nitrogens with one attached hydrogen (secondary N) is 1. The molecule has 0 unspecified atom stereocenters. The molecule has 2 heterocycles. The molecular formula is C24H28ClN3O2. The Bertz CT molecular complexity index is 913. The van der Waals surface area contributed by atoms with E-state index < -0.39 is 5.41 Å². The van der Waals surface area contributed by atoms with Crippen LogP contribution in [0.5, 0.6) is 0 Å². The predicted molar refractivity (Wildman–Crippen MR) is 119 cm³/mol. The molecule has 1 saturated carbocycles. The Morgan fingerprint density at radius 3 is 2.57 bits per heavy atom. The second-order valence-corrected chi connectivity index (χ2v) is 8.89. The van der Waals surface area contributed by atoms with Crippen LogP contribution in [0, 0.1) is 0 Å². The highest BCUT2D eigenvalue weighted by atomic mass is 35.5. The summed E-state index contributed by atoms with van der Waals surface area (Å²) in [6.45, 7) is 7.13. The molecule has 2 fully saturated rings. The minimum atomic E-state index is -0.391. The van der Waals surface area contributed by atoms with E-state index in [9.17, 15) is 4.79 Å². The molecule has 1 aliphatic carbocycles. The van der Waals surface area contributed by atoms with Gasteiger partial charge in [-0.25, -0.2) is 0 Å². The number of carbonyl (C=O) groups is 1. The Morgan fingerprint density at radius 1 is 1.03 bits per heavy atom. The molecule has 158 valence electrons. The maximum Gasteiger partial charge on any atom is 0.238 e. The average Bonchev–Trinajstić information content (AvgIpc) is 3.49. The standard InChI is InChI=1S/C24H28ClN3O2/c25-19-7-5-18(6-8-19)21-17-24(21)20-3-1-2-4-22(20)28(23(24)29)12-10-26-9-11-27-13-15-30-16-14-27/h1-8,21,26H,9-17H2/t21-,24-/m0/s1. The Morgan fingerprint density at radius 2 is 1.77 bits per heavy atom. The topological polar surface area (TPSA) is 44.8 Å². The third-order valence-corrected chi connectivity index (χ3v) is 7.01. The summed E-state index contributed by atoms with van der Waals surface area (Å²) in [5, 5.41) is 4.25. The van der Waals surface area contributed by atoms with Crippen molar-refractivity contribution in [3.05, 3.63) is 64.7 Å². The summed E-state index contributed by atoms with van der Waals surface area (Å²) in [7, 11) is 0. The van der Waals surface area contributed by atoms with E-state index in [2.05, 4.69) is 40.5 Å². The second-order valence-electron chi connectivity index (χ2n) is 8.46. The van der Waals surface area contributed by atoms with Crippen LogP contribution in [0.15, 0.2) is 48.5 Å². The van der Waals surface area contributed by atoms with Crippen LogP contribution in [-0.4, -0.2) is 63.3 Å². The number of halogens is 1. The van der Waals surface area contributed by atoms with E-state index in [1.165, 1.54) is 11.1 Å². The minimum Gasteiger partial charge on any atom is -0.379 e. The molecule has 2 aliphatic heterocycles. The molecule has 5 nitrogen and oxygen atoms in total. The first kappa shape index (κ1) is 20.0. The fraction of sp³-hybridized carbons (Fsp3) is 0.458. The summed E-state index contributed by atoms with van der Waals surface area (Å²) in [5.41, 5.74) is 3.07.